The largest absolute Gasteiger partial charge is 0.472 e. The van der Waals surface area contributed by atoms with Crippen LogP contribution in [-0.2, 0) is 42.2 Å². The molecule has 0 saturated carbocycles. The predicted octanol–water partition coefficient (Wildman–Crippen LogP) is 17.1. The zero-order valence-corrected chi connectivity index (χ0v) is 47.0. The standard InChI is InChI=1S/C60H107O11P/c1-4-7-10-13-16-19-22-25-26-27-28-29-30-33-34-37-40-43-46-49-58(62)67-53-57(71-60(64)51-48-45-42-39-36-32-24-21-18-15-12-9-6-3)55-69-72(65,66)68-54-56(52-61)70-59(63)50-47-44-41-38-35-31-23-20-17-14-11-8-5-2/h7,10,16,19,21,24-26,28-29,56-57,61H,4-6,8-9,11-15,17-18,20,22-23,27,30-55H2,1-3H3,(H,65,66)/b10-7-,19-16-,24-21-,26-25-,29-28-. The molecular formula is C60H107O11P. The van der Waals surface area contributed by atoms with Gasteiger partial charge in [0.2, 0.25) is 0 Å². The number of carbonyl (C=O) groups excluding carboxylic acids is 3. The van der Waals surface area contributed by atoms with E-state index in [1.807, 2.05) is 0 Å². The van der Waals surface area contributed by atoms with Gasteiger partial charge in [0, 0.05) is 19.3 Å². The predicted molar refractivity (Wildman–Crippen MR) is 298 cm³/mol. The van der Waals surface area contributed by atoms with Crippen LogP contribution in [0.3, 0.4) is 0 Å². The first-order valence-corrected chi connectivity index (χ1v) is 30.7. The number of esters is 3. The van der Waals surface area contributed by atoms with Crippen molar-refractivity contribution in [3.8, 4) is 0 Å². The molecule has 0 aromatic rings. The van der Waals surface area contributed by atoms with Gasteiger partial charge in [-0.05, 0) is 83.5 Å². The summed E-state index contributed by atoms with van der Waals surface area (Å²) in [5.74, 6) is -1.48. The molecule has 0 aromatic heterocycles. The summed E-state index contributed by atoms with van der Waals surface area (Å²) in [6, 6.07) is 0. The number of hydrogen-bond donors (Lipinski definition) is 2. The quantitative estimate of drug-likeness (QED) is 0.0197. The number of allylic oxidation sites excluding steroid dienone is 10. The maximum atomic E-state index is 12.9. The number of carbonyl (C=O) groups is 3. The average molecular weight is 1040 g/mol. The van der Waals surface area contributed by atoms with Crippen molar-refractivity contribution in [3.63, 3.8) is 0 Å². The van der Waals surface area contributed by atoms with Gasteiger partial charge in [0.1, 0.15) is 12.7 Å². The second kappa shape index (κ2) is 54.4. The summed E-state index contributed by atoms with van der Waals surface area (Å²) in [6.07, 6.45) is 58.9. The Kier molecular flexibility index (Phi) is 52.3. The molecule has 0 heterocycles. The van der Waals surface area contributed by atoms with Crippen LogP contribution >= 0.6 is 7.82 Å². The number of rotatable bonds is 54. The van der Waals surface area contributed by atoms with Crippen LogP contribution in [0.25, 0.3) is 0 Å². The van der Waals surface area contributed by atoms with Gasteiger partial charge in [-0.15, -0.1) is 0 Å². The SMILES string of the molecule is CC/C=C\C/C=C\C/C=C\C/C=C\CCCCCCCCC(=O)OCC(COP(=O)(O)OCC(CO)OC(=O)CCCCCCCCCCCCCCC)OC(=O)CCCCCCC/C=C\CCCCCC. The molecule has 0 aliphatic heterocycles. The Labute approximate surface area is 440 Å². The Morgan fingerprint density at radius 3 is 1.14 bits per heavy atom. The molecule has 0 spiro atoms. The molecule has 72 heavy (non-hydrogen) atoms. The minimum Gasteiger partial charge on any atom is -0.462 e. The van der Waals surface area contributed by atoms with Crippen LogP contribution in [0.1, 0.15) is 265 Å². The Hall–Kier alpha value is -2.82. The average Bonchev–Trinajstić information content (AvgIpc) is 3.37. The lowest BCUT2D eigenvalue weighted by Crippen LogP contribution is -2.30. The lowest BCUT2D eigenvalue weighted by atomic mass is 10.0. The highest BCUT2D eigenvalue weighted by Gasteiger charge is 2.28. The normalized spacial score (nSPS) is 13.8. The zero-order chi connectivity index (χ0) is 52.7. The third-order valence-corrected chi connectivity index (χ3v) is 13.4. The van der Waals surface area contributed by atoms with Gasteiger partial charge in [0.15, 0.2) is 6.10 Å². The van der Waals surface area contributed by atoms with E-state index >= 15 is 0 Å². The van der Waals surface area contributed by atoms with E-state index in [0.717, 1.165) is 122 Å². The van der Waals surface area contributed by atoms with Gasteiger partial charge in [-0.1, -0.05) is 223 Å². The summed E-state index contributed by atoms with van der Waals surface area (Å²) in [5, 5.41) is 9.81. The van der Waals surface area contributed by atoms with Crippen LogP contribution in [0.5, 0.6) is 0 Å². The molecule has 0 aromatic carbocycles. The molecule has 0 amide bonds. The van der Waals surface area contributed by atoms with Crippen molar-refractivity contribution >= 4 is 25.7 Å². The molecule has 418 valence electrons. The monoisotopic (exact) mass is 1030 g/mol. The van der Waals surface area contributed by atoms with Crippen molar-refractivity contribution in [1.29, 1.82) is 0 Å². The molecule has 0 radical (unpaired) electrons. The first-order chi connectivity index (χ1) is 35.2. The molecule has 3 unspecified atom stereocenters. The Morgan fingerprint density at radius 2 is 0.722 bits per heavy atom. The van der Waals surface area contributed by atoms with Crippen LogP contribution in [0.4, 0.5) is 0 Å². The number of phosphoric acid groups is 1. The zero-order valence-electron chi connectivity index (χ0n) is 46.1. The number of hydrogen-bond acceptors (Lipinski definition) is 10. The van der Waals surface area contributed by atoms with Crippen molar-refractivity contribution < 1.29 is 52.2 Å². The Bertz CT molecular complexity index is 1440. The van der Waals surface area contributed by atoms with Crippen molar-refractivity contribution in [2.75, 3.05) is 26.4 Å². The Morgan fingerprint density at radius 1 is 0.403 bits per heavy atom. The van der Waals surface area contributed by atoms with Gasteiger partial charge in [-0.3, -0.25) is 23.4 Å². The molecule has 0 rings (SSSR count). The fourth-order valence-corrected chi connectivity index (χ4v) is 8.77. The topological polar surface area (TPSA) is 155 Å². The lowest BCUT2D eigenvalue weighted by molar-refractivity contribution is -0.161. The molecule has 0 bridgehead atoms. The number of unbranched alkanes of at least 4 members (excludes halogenated alkanes) is 27. The molecule has 0 fully saturated rings. The van der Waals surface area contributed by atoms with Gasteiger partial charge < -0.3 is 24.2 Å². The highest BCUT2D eigenvalue weighted by atomic mass is 31.2. The fourth-order valence-electron chi connectivity index (χ4n) is 7.99. The van der Waals surface area contributed by atoms with Crippen LogP contribution in [0.2, 0.25) is 0 Å². The summed E-state index contributed by atoms with van der Waals surface area (Å²) in [6.45, 7) is 4.51. The number of ether oxygens (including phenoxy) is 3. The van der Waals surface area contributed by atoms with Gasteiger partial charge in [-0.25, -0.2) is 4.57 Å². The van der Waals surface area contributed by atoms with Crippen LogP contribution in [0.15, 0.2) is 60.8 Å². The fraction of sp³-hybridized carbons (Fsp3) is 0.783. The van der Waals surface area contributed by atoms with E-state index in [1.165, 1.54) is 83.5 Å². The summed E-state index contributed by atoms with van der Waals surface area (Å²) in [7, 11) is -4.75. The summed E-state index contributed by atoms with van der Waals surface area (Å²) in [5.41, 5.74) is 0. The highest BCUT2D eigenvalue weighted by molar-refractivity contribution is 7.47. The van der Waals surface area contributed by atoms with Crippen molar-refractivity contribution in [1.82, 2.24) is 0 Å². The van der Waals surface area contributed by atoms with Crippen molar-refractivity contribution in [2.45, 2.75) is 277 Å². The van der Waals surface area contributed by atoms with E-state index in [2.05, 4.69) is 81.5 Å². The third kappa shape index (κ3) is 52.1. The van der Waals surface area contributed by atoms with E-state index < -0.39 is 57.8 Å². The van der Waals surface area contributed by atoms with Crippen LogP contribution < -0.4 is 0 Å². The van der Waals surface area contributed by atoms with Crippen LogP contribution in [0, 0.1) is 0 Å². The molecule has 3 atom stereocenters. The summed E-state index contributed by atoms with van der Waals surface area (Å²) < 4.78 is 39.5. The maximum Gasteiger partial charge on any atom is 0.472 e. The number of aliphatic hydroxyl groups is 1. The van der Waals surface area contributed by atoms with E-state index in [9.17, 15) is 28.9 Å². The smallest absolute Gasteiger partial charge is 0.462 e. The summed E-state index contributed by atoms with van der Waals surface area (Å²) >= 11 is 0. The van der Waals surface area contributed by atoms with Crippen molar-refractivity contribution in [3.05, 3.63) is 60.8 Å². The van der Waals surface area contributed by atoms with E-state index in [0.29, 0.717) is 19.3 Å². The molecular weight excluding hydrogens is 928 g/mol. The second-order valence-electron chi connectivity index (χ2n) is 19.4. The maximum absolute atomic E-state index is 12.9. The van der Waals surface area contributed by atoms with Crippen LogP contribution in [-0.4, -0.2) is 66.5 Å². The van der Waals surface area contributed by atoms with E-state index in [4.69, 9.17) is 23.3 Å². The van der Waals surface area contributed by atoms with Crippen molar-refractivity contribution in [2.24, 2.45) is 0 Å². The second-order valence-corrected chi connectivity index (χ2v) is 20.9. The minimum atomic E-state index is -4.75. The van der Waals surface area contributed by atoms with E-state index in [-0.39, 0.29) is 25.9 Å². The minimum absolute atomic E-state index is 0.154. The third-order valence-electron chi connectivity index (χ3n) is 12.4. The van der Waals surface area contributed by atoms with Gasteiger partial charge >= 0.3 is 25.7 Å². The lowest BCUT2D eigenvalue weighted by Gasteiger charge is -2.21. The molecule has 2 N–H and O–H groups in total. The first-order valence-electron chi connectivity index (χ1n) is 29.2. The van der Waals surface area contributed by atoms with E-state index in [1.54, 1.807) is 0 Å². The molecule has 0 saturated heterocycles. The highest BCUT2D eigenvalue weighted by Crippen LogP contribution is 2.43. The number of aliphatic hydroxyl groups excluding tert-OH is 1. The molecule has 0 aliphatic carbocycles. The number of phosphoric ester groups is 1. The van der Waals surface area contributed by atoms with Gasteiger partial charge in [-0.2, -0.15) is 0 Å². The first kappa shape index (κ1) is 69.2. The Balaban J connectivity index is 4.71. The van der Waals surface area contributed by atoms with Gasteiger partial charge in [0.05, 0.1) is 19.8 Å². The summed E-state index contributed by atoms with van der Waals surface area (Å²) in [4.78, 5) is 48.5. The molecule has 0 aliphatic rings. The molecule has 11 nitrogen and oxygen atoms in total. The molecule has 12 heteroatoms. The van der Waals surface area contributed by atoms with Gasteiger partial charge in [0.25, 0.3) is 0 Å².